The van der Waals surface area contributed by atoms with E-state index in [1.54, 1.807) is 0 Å². The summed E-state index contributed by atoms with van der Waals surface area (Å²) in [5, 5.41) is 0. The van der Waals surface area contributed by atoms with Crippen molar-refractivity contribution in [2.45, 2.75) is 58.9 Å². The second kappa shape index (κ2) is 7.12. The molecule has 0 spiro atoms. The van der Waals surface area contributed by atoms with E-state index in [4.69, 9.17) is 5.73 Å². The quantitative estimate of drug-likeness (QED) is 0.852. The zero-order valence-corrected chi connectivity index (χ0v) is 13.4. The van der Waals surface area contributed by atoms with E-state index in [0.717, 1.165) is 19.0 Å². The van der Waals surface area contributed by atoms with E-state index in [-0.39, 0.29) is 0 Å². The lowest BCUT2D eigenvalue weighted by atomic mass is 10.0. The van der Waals surface area contributed by atoms with Crippen molar-refractivity contribution in [1.82, 2.24) is 0 Å². The van der Waals surface area contributed by atoms with E-state index in [2.05, 4.69) is 43.9 Å². The summed E-state index contributed by atoms with van der Waals surface area (Å²) in [6, 6.07) is 7.70. The van der Waals surface area contributed by atoms with Crippen LogP contribution in [0.2, 0.25) is 0 Å². The van der Waals surface area contributed by atoms with Crippen molar-refractivity contribution in [2.75, 3.05) is 18.0 Å². The van der Waals surface area contributed by atoms with Gasteiger partial charge in [0.25, 0.3) is 0 Å². The third-order valence-corrected chi connectivity index (χ3v) is 4.40. The molecule has 0 unspecified atom stereocenters. The molecular formula is C18H30N2. The van der Waals surface area contributed by atoms with Gasteiger partial charge >= 0.3 is 0 Å². The molecule has 0 bridgehead atoms. The maximum absolute atomic E-state index is 5.68. The average Bonchev–Trinajstić information content (AvgIpc) is 2.92. The number of nitrogens with two attached hydrogens (primary N) is 1. The fourth-order valence-electron chi connectivity index (χ4n) is 3.37. The van der Waals surface area contributed by atoms with E-state index < -0.39 is 0 Å². The molecule has 2 heteroatoms. The predicted molar refractivity (Wildman–Crippen MR) is 88.4 cm³/mol. The minimum absolute atomic E-state index is 0.708. The van der Waals surface area contributed by atoms with Gasteiger partial charge in [-0.15, -0.1) is 0 Å². The van der Waals surface area contributed by atoms with Crippen LogP contribution in [0.3, 0.4) is 0 Å². The fraction of sp³-hybridized carbons (Fsp3) is 0.667. The van der Waals surface area contributed by atoms with Crippen LogP contribution < -0.4 is 10.6 Å². The summed E-state index contributed by atoms with van der Waals surface area (Å²) in [6.45, 7) is 8.75. The first-order valence-electron chi connectivity index (χ1n) is 8.18. The molecule has 0 aliphatic heterocycles. The molecule has 20 heavy (non-hydrogen) atoms. The normalized spacial score (nSPS) is 16.1. The number of nitrogens with zero attached hydrogens (tertiary/aromatic N) is 1. The van der Waals surface area contributed by atoms with Gasteiger partial charge in [-0.2, -0.15) is 0 Å². The van der Waals surface area contributed by atoms with E-state index in [1.165, 1.54) is 49.0 Å². The molecule has 0 heterocycles. The Morgan fingerprint density at radius 1 is 1.25 bits per heavy atom. The molecule has 1 aromatic carbocycles. The molecule has 2 nitrogen and oxygen atoms in total. The highest BCUT2D eigenvalue weighted by Crippen LogP contribution is 2.30. The van der Waals surface area contributed by atoms with Crippen LogP contribution in [0.15, 0.2) is 18.2 Å². The molecular weight excluding hydrogens is 244 g/mol. The van der Waals surface area contributed by atoms with Crippen LogP contribution >= 0.6 is 0 Å². The number of hydrogen-bond donors (Lipinski definition) is 1. The minimum atomic E-state index is 0.708. The maximum atomic E-state index is 5.68. The number of rotatable bonds is 6. The minimum Gasteiger partial charge on any atom is -0.368 e. The van der Waals surface area contributed by atoms with Crippen LogP contribution in [0.4, 0.5) is 5.69 Å². The first-order valence-corrected chi connectivity index (χ1v) is 8.18. The van der Waals surface area contributed by atoms with Gasteiger partial charge in [-0.1, -0.05) is 32.8 Å². The molecule has 1 saturated carbocycles. The van der Waals surface area contributed by atoms with Crippen molar-refractivity contribution < 1.29 is 0 Å². The highest BCUT2D eigenvalue weighted by Gasteiger charge is 2.23. The summed E-state index contributed by atoms with van der Waals surface area (Å²) in [5.41, 5.74) is 9.87. The van der Waals surface area contributed by atoms with Gasteiger partial charge in [0.05, 0.1) is 0 Å². The third-order valence-electron chi connectivity index (χ3n) is 4.40. The third kappa shape index (κ3) is 3.76. The summed E-state index contributed by atoms with van der Waals surface area (Å²) in [4.78, 5) is 2.65. The van der Waals surface area contributed by atoms with Crippen molar-refractivity contribution in [2.24, 2.45) is 11.7 Å². The molecule has 0 radical (unpaired) electrons. The smallest absolute Gasteiger partial charge is 0.0371 e. The van der Waals surface area contributed by atoms with Crippen LogP contribution in [0.5, 0.6) is 0 Å². The van der Waals surface area contributed by atoms with Crippen LogP contribution in [0.1, 0.15) is 50.7 Å². The molecule has 1 aliphatic carbocycles. The first kappa shape index (κ1) is 15.4. The Hall–Kier alpha value is -1.02. The van der Waals surface area contributed by atoms with Crippen molar-refractivity contribution in [3.8, 4) is 0 Å². The van der Waals surface area contributed by atoms with Crippen LogP contribution in [0.25, 0.3) is 0 Å². The summed E-state index contributed by atoms with van der Waals surface area (Å²) in [7, 11) is 0. The second-order valence-electron chi connectivity index (χ2n) is 6.63. The summed E-state index contributed by atoms with van der Waals surface area (Å²) >= 11 is 0. The Labute approximate surface area is 124 Å². The molecule has 112 valence electrons. The van der Waals surface area contributed by atoms with E-state index in [1.807, 2.05) is 0 Å². The molecule has 2 rings (SSSR count). The Morgan fingerprint density at radius 2 is 1.95 bits per heavy atom. The number of benzene rings is 1. The van der Waals surface area contributed by atoms with Crippen molar-refractivity contribution in [3.05, 3.63) is 29.3 Å². The van der Waals surface area contributed by atoms with Gasteiger partial charge in [0.2, 0.25) is 0 Å². The van der Waals surface area contributed by atoms with Gasteiger partial charge in [-0.25, -0.2) is 0 Å². The first-order chi connectivity index (χ1) is 9.61. The van der Waals surface area contributed by atoms with Gasteiger partial charge in [-0.05, 0) is 61.9 Å². The van der Waals surface area contributed by atoms with E-state index in [9.17, 15) is 0 Å². The predicted octanol–water partition coefficient (Wildman–Crippen LogP) is 3.90. The zero-order valence-electron chi connectivity index (χ0n) is 13.4. The Morgan fingerprint density at radius 3 is 2.50 bits per heavy atom. The van der Waals surface area contributed by atoms with Gasteiger partial charge in [0.1, 0.15) is 0 Å². The molecule has 0 aromatic heterocycles. The Balaban J connectivity index is 2.21. The fourth-order valence-corrected chi connectivity index (χ4v) is 3.37. The average molecular weight is 274 g/mol. The summed E-state index contributed by atoms with van der Waals surface area (Å²) in [5.74, 6) is 0.708. The highest BCUT2D eigenvalue weighted by molar-refractivity contribution is 5.52. The van der Waals surface area contributed by atoms with Crippen molar-refractivity contribution in [3.63, 3.8) is 0 Å². The Kier molecular flexibility index (Phi) is 5.47. The SMILES string of the molecule is Cc1cc(N(CC(C)C)C2CCCC2)ccc1CCN. The number of aryl methyl sites for hydroxylation is 1. The van der Waals surface area contributed by atoms with Crippen LogP contribution in [0, 0.1) is 12.8 Å². The monoisotopic (exact) mass is 274 g/mol. The molecule has 1 aromatic rings. The lowest BCUT2D eigenvalue weighted by molar-refractivity contribution is 0.536. The molecule has 0 saturated heterocycles. The van der Waals surface area contributed by atoms with Crippen LogP contribution in [-0.2, 0) is 6.42 Å². The van der Waals surface area contributed by atoms with E-state index in [0.29, 0.717) is 5.92 Å². The van der Waals surface area contributed by atoms with E-state index >= 15 is 0 Å². The summed E-state index contributed by atoms with van der Waals surface area (Å²) in [6.07, 6.45) is 6.49. The molecule has 1 fully saturated rings. The number of hydrogen-bond acceptors (Lipinski definition) is 2. The largest absolute Gasteiger partial charge is 0.368 e. The second-order valence-corrected chi connectivity index (χ2v) is 6.63. The molecule has 1 aliphatic rings. The Bertz CT molecular complexity index is 419. The van der Waals surface area contributed by atoms with Crippen molar-refractivity contribution >= 4 is 5.69 Å². The number of anilines is 1. The maximum Gasteiger partial charge on any atom is 0.0371 e. The van der Waals surface area contributed by atoms with Gasteiger partial charge in [0, 0.05) is 18.3 Å². The molecule has 0 atom stereocenters. The van der Waals surface area contributed by atoms with Crippen LogP contribution in [-0.4, -0.2) is 19.1 Å². The lowest BCUT2D eigenvalue weighted by Crippen LogP contribution is -2.36. The zero-order chi connectivity index (χ0) is 14.5. The van der Waals surface area contributed by atoms with Crippen molar-refractivity contribution in [1.29, 1.82) is 0 Å². The molecule has 0 amide bonds. The van der Waals surface area contributed by atoms with Gasteiger partial charge in [0.15, 0.2) is 0 Å². The van der Waals surface area contributed by atoms with Gasteiger partial charge in [-0.3, -0.25) is 0 Å². The lowest BCUT2D eigenvalue weighted by Gasteiger charge is -2.33. The standard InChI is InChI=1S/C18H30N2/c1-14(2)13-20(17-6-4-5-7-17)18-9-8-16(10-11-19)15(3)12-18/h8-9,12,14,17H,4-7,10-11,13,19H2,1-3H3. The summed E-state index contributed by atoms with van der Waals surface area (Å²) < 4.78 is 0. The van der Waals surface area contributed by atoms with Gasteiger partial charge < -0.3 is 10.6 Å². The molecule has 2 N–H and O–H groups in total. The topological polar surface area (TPSA) is 29.3 Å². The highest BCUT2D eigenvalue weighted by atomic mass is 15.2.